The Bertz CT molecular complexity index is 286. The first kappa shape index (κ1) is 12.4. The number of nitrogens with two attached hydrogens (primary N) is 1. The molecule has 0 aliphatic rings. The summed E-state index contributed by atoms with van der Waals surface area (Å²) in [6.07, 6.45) is 1.87. The topological polar surface area (TPSA) is 57.4 Å². The molecule has 0 radical (unpaired) electrons. The highest BCUT2D eigenvalue weighted by molar-refractivity contribution is 7.15. The molecule has 0 atom stereocenters. The van der Waals surface area contributed by atoms with E-state index in [0.29, 0.717) is 0 Å². The number of nitrogens with zero attached hydrogens (tertiary/aromatic N) is 3. The lowest BCUT2D eigenvalue weighted by Crippen LogP contribution is -2.28. The number of rotatable bonds is 6. The lowest BCUT2D eigenvalue weighted by atomic mass is 10.4. The van der Waals surface area contributed by atoms with Gasteiger partial charge in [-0.15, -0.1) is 0 Å². The summed E-state index contributed by atoms with van der Waals surface area (Å²) < 4.78 is 0. The van der Waals surface area contributed by atoms with Crippen molar-refractivity contribution < 1.29 is 0 Å². The Morgan fingerprint density at radius 2 is 2.13 bits per heavy atom. The molecule has 0 bridgehead atoms. The second kappa shape index (κ2) is 6.02. The summed E-state index contributed by atoms with van der Waals surface area (Å²) in [6.45, 7) is 3.04. The molecule has 0 saturated heterocycles. The molecule has 0 aromatic carbocycles. The van der Waals surface area contributed by atoms with Crippen LogP contribution in [0.3, 0.4) is 0 Å². The van der Waals surface area contributed by atoms with Crippen molar-refractivity contribution in [1.82, 2.24) is 14.8 Å². The monoisotopic (exact) mass is 229 g/mol. The maximum Gasteiger partial charge on any atom is 0.197 e. The quantitative estimate of drug-likeness (QED) is 0.547. The van der Waals surface area contributed by atoms with Crippen LogP contribution in [0.1, 0.15) is 4.88 Å². The van der Waals surface area contributed by atoms with Crippen molar-refractivity contribution in [3.63, 3.8) is 0 Å². The number of aromatic nitrogens is 1. The Kier molecular flexibility index (Phi) is 4.97. The maximum absolute atomic E-state index is 5.27. The summed E-state index contributed by atoms with van der Waals surface area (Å²) in [5, 5.41) is 0.769. The minimum atomic E-state index is 0.769. The van der Waals surface area contributed by atoms with Crippen molar-refractivity contribution >= 4 is 16.5 Å². The van der Waals surface area contributed by atoms with Gasteiger partial charge in [0.15, 0.2) is 5.13 Å². The van der Waals surface area contributed by atoms with Gasteiger partial charge in [0, 0.05) is 30.7 Å². The first-order valence-corrected chi connectivity index (χ1v) is 5.68. The Morgan fingerprint density at radius 1 is 1.40 bits per heavy atom. The summed E-state index contributed by atoms with van der Waals surface area (Å²) >= 11 is 1.59. The molecule has 6 heteroatoms. The highest BCUT2D eigenvalue weighted by Gasteiger charge is 2.04. The van der Waals surface area contributed by atoms with Crippen molar-refractivity contribution in [3.05, 3.63) is 11.1 Å². The van der Waals surface area contributed by atoms with Crippen LogP contribution in [0.15, 0.2) is 6.20 Å². The van der Waals surface area contributed by atoms with E-state index in [1.54, 1.807) is 11.3 Å². The van der Waals surface area contributed by atoms with Crippen LogP contribution in [0.2, 0.25) is 0 Å². The third-order valence-corrected chi connectivity index (χ3v) is 2.95. The van der Waals surface area contributed by atoms with Crippen molar-refractivity contribution in [3.8, 4) is 0 Å². The molecule has 0 saturated carbocycles. The fourth-order valence-corrected chi connectivity index (χ4v) is 1.97. The van der Waals surface area contributed by atoms with Crippen molar-refractivity contribution in [1.29, 1.82) is 0 Å². The zero-order valence-corrected chi connectivity index (χ0v) is 10.3. The summed E-state index contributed by atoms with van der Waals surface area (Å²) in [5.41, 5.74) is 2.55. The second-order valence-electron chi connectivity index (χ2n) is 3.82. The zero-order chi connectivity index (χ0) is 11.3. The number of nitrogens with one attached hydrogen (secondary N) is 1. The van der Waals surface area contributed by atoms with E-state index in [0.717, 1.165) is 24.8 Å². The highest BCUT2D eigenvalue weighted by Crippen LogP contribution is 2.17. The van der Waals surface area contributed by atoms with Gasteiger partial charge in [0.2, 0.25) is 0 Å². The van der Waals surface area contributed by atoms with Gasteiger partial charge in [0.05, 0.1) is 0 Å². The van der Waals surface area contributed by atoms with Gasteiger partial charge in [-0.2, -0.15) is 0 Å². The van der Waals surface area contributed by atoms with Gasteiger partial charge in [-0.1, -0.05) is 11.3 Å². The van der Waals surface area contributed by atoms with E-state index in [1.807, 2.05) is 6.20 Å². The molecular weight excluding hydrogens is 210 g/mol. The third-order valence-electron chi connectivity index (χ3n) is 2.03. The molecule has 86 valence electrons. The molecule has 0 aliphatic carbocycles. The van der Waals surface area contributed by atoms with Crippen molar-refractivity contribution in [2.24, 2.45) is 5.84 Å². The van der Waals surface area contributed by atoms with Crippen molar-refractivity contribution in [2.75, 3.05) is 39.7 Å². The predicted molar refractivity (Wildman–Crippen MR) is 64.8 cm³/mol. The number of hydrazine groups is 1. The number of hydrogen-bond acceptors (Lipinski definition) is 6. The van der Waals surface area contributed by atoms with E-state index in [4.69, 9.17) is 5.84 Å². The number of hydrogen-bond donors (Lipinski definition) is 2. The Balaban J connectivity index is 2.33. The molecule has 1 heterocycles. The van der Waals surface area contributed by atoms with E-state index < -0.39 is 0 Å². The standard InChI is InChI=1S/C9H19N5S/c1-13(2)4-5-14(3)7-8-6-11-9(12-10)15-8/h6H,4-5,7,10H2,1-3H3,(H,11,12). The van der Waals surface area contributed by atoms with Crippen LogP contribution in [0, 0.1) is 0 Å². The van der Waals surface area contributed by atoms with Gasteiger partial charge >= 0.3 is 0 Å². The number of likely N-dealkylation sites (N-methyl/N-ethyl adjacent to an activating group) is 2. The van der Waals surface area contributed by atoms with Crippen LogP contribution >= 0.6 is 11.3 Å². The normalized spacial score (nSPS) is 11.3. The van der Waals surface area contributed by atoms with Gasteiger partial charge in [0.1, 0.15) is 0 Å². The Morgan fingerprint density at radius 3 is 2.67 bits per heavy atom. The van der Waals surface area contributed by atoms with Crippen LogP contribution in [0.5, 0.6) is 0 Å². The van der Waals surface area contributed by atoms with Crippen LogP contribution in [-0.4, -0.2) is 49.0 Å². The first-order chi connectivity index (χ1) is 7.11. The van der Waals surface area contributed by atoms with Crippen LogP contribution in [0.25, 0.3) is 0 Å². The molecule has 0 amide bonds. The van der Waals surface area contributed by atoms with E-state index in [1.165, 1.54) is 4.88 Å². The molecule has 0 spiro atoms. The van der Waals surface area contributed by atoms with Crippen molar-refractivity contribution in [2.45, 2.75) is 6.54 Å². The highest BCUT2D eigenvalue weighted by atomic mass is 32.1. The Labute approximate surface area is 94.9 Å². The summed E-state index contributed by atoms with van der Waals surface area (Å²) in [4.78, 5) is 9.80. The largest absolute Gasteiger partial charge is 0.308 e. The first-order valence-electron chi connectivity index (χ1n) is 4.86. The molecule has 1 rings (SSSR count). The molecule has 1 aromatic heterocycles. The van der Waals surface area contributed by atoms with Gasteiger partial charge in [-0.25, -0.2) is 10.8 Å². The van der Waals surface area contributed by atoms with Gasteiger partial charge in [0.25, 0.3) is 0 Å². The molecular formula is C9H19N5S. The minimum Gasteiger partial charge on any atom is -0.308 e. The molecule has 0 aliphatic heterocycles. The number of thiazole rings is 1. The van der Waals surface area contributed by atoms with E-state index in [9.17, 15) is 0 Å². The summed E-state index contributed by atoms with van der Waals surface area (Å²) in [5.74, 6) is 5.27. The zero-order valence-electron chi connectivity index (χ0n) is 9.53. The number of nitrogen functional groups attached to an aromatic ring is 1. The molecule has 5 nitrogen and oxygen atoms in total. The molecule has 15 heavy (non-hydrogen) atoms. The van der Waals surface area contributed by atoms with Crippen LogP contribution in [0.4, 0.5) is 5.13 Å². The lowest BCUT2D eigenvalue weighted by molar-refractivity contribution is 0.278. The van der Waals surface area contributed by atoms with E-state index in [2.05, 4.69) is 41.4 Å². The van der Waals surface area contributed by atoms with Gasteiger partial charge in [-0.3, -0.25) is 10.3 Å². The molecule has 0 fully saturated rings. The fourth-order valence-electron chi connectivity index (χ4n) is 1.16. The predicted octanol–water partition coefficient (Wildman–Crippen LogP) is 0.422. The van der Waals surface area contributed by atoms with Gasteiger partial charge < -0.3 is 4.90 Å². The minimum absolute atomic E-state index is 0.769. The summed E-state index contributed by atoms with van der Waals surface area (Å²) in [6, 6.07) is 0. The third kappa shape index (κ3) is 4.57. The van der Waals surface area contributed by atoms with Crippen LogP contribution in [-0.2, 0) is 6.54 Å². The van der Waals surface area contributed by atoms with E-state index in [-0.39, 0.29) is 0 Å². The SMILES string of the molecule is CN(C)CCN(C)Cc1cnc(NN)s1. The summed E-state index contributed by atoms with van der Waals surface area (Å²) in [7, 11) is 6.27. The molecule has 0 unspecified atom stereocenters. The average Bonchev–Trinajstić information content (AvgIpc) is 2.62. The van der Waals surface area contributed by atoms with Gasteiger partial charge in [-0.05, 0) is 21.1 Å². The smallest absolute Gasteiger partial charge is 0.197 e. The fraction of sp³-hybridized carbons (Fsp3) is 0.667. The molecule has 3 N–H and O–H groups in total. The Hall–Kier alpha value is -0.690. The number of anilines is 1. The molecule has 1 aromatic rings. The second-order valence-corrected chi connectivity index (χ2v) is 4.93. The van der Waals surface area contributed by atoms with E-state index >= 15 is 0 Å². The maximum atomic E-state index is 5.27. The lowest BCUT2D eigenvalue weighted by Gasteiger charge is -2.18. The average molecular weight is 229 g/mol. The van der Waals surface area contributed by atoms with Crippen LogP contribution < -0.4 is 11.3 Å².